The molecule has 1 aliphatic rings. The molecule has 320 valence electrons. The molecule has 1 aliphatic heterocycles. The van der Waals surface area contributed by atoms with Gasteiger partial charge in [-0.2, -0.15) is 0 Å². The van der Waals surface area contributed by atoms with Crippen LogP contribution in [0.5, 0.6) is 0 Å². The van der Waals surface area contributed by atoms with Crippen molar-refractivity contribution in [3.8, 4) is 0 Å². The second-order valence-corrected chi connectivity index (χ2v) is 15.1. The van der Waals surface area contributed by atoms with Crippen molar-refractivity contribution in [1.29, 1.82) is 0 Å². The molecule has 0 aromatic heterocycles. The minimum atomic E-state index is -1.30. The second-order valence-electron chi connectivity index (χ2n) is 15.1. The van der Waals surface area contributed by atoms with E-state index < -0.39 is 41.0 Å². The molecule has 1 saturated heterocycles. The van der Waals surface area contributed by atoms with Crippen molar-refractivity contribution in [1.82, 2.24) is 0 Å². The van der Waals surface area contributed by atoms with Crippen LogP contribution < -0.4 is 0 Å². The molecule has 0 aliphatic carbocycles. The number of benzene rings is 2. The van der Waals surface area contributed by atoms with Crippen LogP contribution in [0.4, 0.5) is 9.59 Å². The van der Waals surface area contributed by atoms with E-state index in [1.54, 1.807) is 6.92 Å². The molecule has 1 heterocycles. The van der Waals surface area contributed by atoms with Crippen LogP contribution in [0.3, 0.4) is 0 Å². The van der Waals surface area contributed by atoms with Crippen molar-refractivity contribution in [2.24, 2.45) is 22.7 Å². The lowest BCUT2D eigenvalue weighted by atomic mass is 9.86. The third-order valence-electron chi connectivity index (χ3n) is 9.95. The van der Waals surface area contributed by atoms with Crippen molar-refractivity contribution < 1.29 is 62.2 Å². The van der Waals surface area contributed by atoms with Gasteiger partial charge >= 0.3 is 30.2 Å². The summed E-state index contributed by atoms with van der Waals surface area (Å²) in [4.78, 5) is 56.7. The smallest absolute Gasteiger partial charge is 0.468 e. The Kier molecular flexibility index (Phi) is 23.9. The number of aliphatic hydroxyl groups is 1. The van der Waals surface area contributed by atoms with Crippen LogP contribution in [0.15, 0.2) is 60.7 Å². The number of hydrogen-bond donors (Lipinski definition) is 1. The summed E-state index contributed by atoms with van der Waals surface area (Å²) in [5, 5.41) is 9.08. The summed E-state index contributed by atoms with van der Waals surface area (Å²) in [6.07, 6.45) is 4.43. The minimum Gasteiger partial charge on any atom is -0.468 e. The van der Waals surface area contributed by atoms with Crippen LogP contribution in [-0.4, -0.2) is 89.2 Å². The van der Waals surface area contributed by atoms with Gasteiger partial charge in [0.1, 0.15) is 37.3 Å². The van der Waals surface area contributed by atoms with E-state index in [4.69, 9.17) is 24.1 Å². The van der Waals surface area contributed by atoms with Gasteiger partial charge in [0.15, 0.2) is 0 Å². The Balaban J connectivity index is 0.000000494. The largest absolute Gasteiger partial charge is 0.508 e. The van der Waals surface area contributed by atoms with Crippen LogP contribution in [0.2, 0.25) is 0 Å². The predicted molar refractivity (Wildman–Crippen MR) is 214 cm³/mol. The van der Waals surface area contributed by atoms with Gasteiger partial charge in [-0.25, -0.2) is 9.59 Å². The van der Waals surface area contributed by atoms with E-state index in [9.17, 15) is 24.0 Å². The highest BCUT2D eigenvalue weighted by molar-refractivity contribution is 5.78. The summed E-state index contributed by atoms with van der Waals surface area (Å²) < 4.78 is 33.6. The summed E-state index contributed by atoms with van der Waals surface area (Å²) >= 11 is 0. The number of carbonyl (C=O) groups is 5. The van der Waals surface area contributed by atoms with Crippen molar-refractivity contribution in [3.05, 3.63) is 71.8 Å². The predicted octanol–water partition coefficient (Wildman–Crippen LogP) is 8.41. The van der Waals surface area contributed by atoms with Crippen molar-refractivity contribution in [2.75, 3.05) is 53.9 Å². The molecule has 2 aromatic carbocycles. The van der Waals surface area contributed by atoms with Crippen LogP contribution in [-0.2, 0) is 47.5 Å². The number of methoxy groups -OCH3 is 2. The molecule has 1 N–H and O–H groups in total. The Morgan fingerprint density at radius 1 is 0.772 bits per heavy atom. The van der Waals surface area contributed by atoms with Gasteiger partial charge in [0.25, 0.3) is 0 Å². The number of esters is 3. The van der Waals surface area contributed by atoms with Crippen molar-refractivity contribution in [2.45, 2.75) is 98.8 Å². The van der Waals surface area contributed by atoms with Gasteiger partial charge in [-0.15, -0.1) is 0 Å². The third-order valence-corrected chi connectivity index (χ3v) is 9.95. The number of aliphatic hydroxyl groups excluding tert-OH is 1. The Labute approximate surface area is 339 Å². The fraction of sp³-hybridized carbons (Fsp3) is 0.614. The Bertz CT molecular complexity index is 1460. The summed E-state index contributed by atoms with van der Waals surface area (Å²) in [5.41, 5.74) is 0.423. The zero-order valence-corrected chi connectivity index (χ0v) is 35.4. The molecule has 0 amide bonds. The molecule has 57 heavy (non-hydrogen) atoms. The van der Waals surface area contributed by atoms with Crippen molar-refractivity contribution in [3.63, 3.8) is 0 Å². The molecular weight excluding hydrogens is 736 g/mol. The average Bonchev–Trinajstić information content (AvgIpc) is 3.23. The number of ether oxygens (including phenoxy) is 7. The van der Waals surface area contributed by atoms with Gasteiger partial charge in [0, 0.05) is 13.5 Å². The van der Waals surface area contributed by atoms with E-state index in [0.29, 0.717) is 18.3 Å². The molecule has 5 atom stereocenters. The van der Waals surface area contributed by atoms with Crippen LogP contribution in [0.25, 0.3) is 0 Å². The first kappa shape index (κ1) is 50.4. The first-order chi connectivity index (χ1) is 27.1. The van der Waals surface area contributed by atoms with Gasteiger partial charge < -0.3 is 38.3 Å². The summed E-state index contributed by atoms with van der Waals surface area (Å²) in [6.45, 7) is 13.2. The number of rotatable bonds is 19. The summed E-state index contributed by atoms with van der Waals surface area (Å²) in [6, 6.07) is 20.7. The Morgan fingerprint density at radius 2 is 1.25 bits per heavy atom. The number of hydrogen-bond acceptors (Lipinski definition) is 13. The normalized spacial score (nSPS) is 16.0. The third kappa shape index (κ3) is 19.4. The molecule has 13 heteroatoms. The van der Waals surface area contributed by atoms with E-state index in [1.165, 1.54) is 52.0 Å². The lowest BCUT2D eigenvalue weighted by molar-refractivity contribution is -0.164. The fourth-order valence-corrected chi connectivity index (χ4v) is 5.85. The molecule has 0 bridgehead atoms. The monoisotopic (exact) mass is 802 g/mol. The Hall–Kier alpha value is -4.65. The topological polar surface area (TPSA) is 170 Å². The molecular formula is C44H66O13. The molecule has 0 radical (unpaired) electrons. The standard InChI is InChI=1S/C23H34O7.C14H22O.C7H10O5/c1-6-17(2)14-20(19-10-8-7-9-11-19)12-13-28-22(26)30-16-23(4,21(25)27-5)15-29-18(3)24;1-3-12(2)11-14(9-10-15)13-7-5-4-6-8-13;1-7(5(8)10-2)3-11-6(9)12-4-7/h7-11,17,20H,6,12-16H2,1-5H3;4-8,12,14-15H,3,9-11H2,1-2H3;3-4H2,1-2H3. The maximum Gasteiger partial charge on any atom is 0.508 e. The van der Waals surface area contributed by atoms with Gasteiger partial charge in [-0.3, -0.25) is 14.4 Å². The highest BCUT2D eigenvalue weighted by Crippen LogP contribution is 2.30. The second kappa shape index (κ2) is 27.1. The van der Waals surface area contributed by atoms with E-state index in [0.717, 1.165) is 25.2 Å². The highest BCUT2D eigenvalue weighted by Gasteiger charge is 2.41. The molecule has 0 saturated carbocycles. The minimum absolute atomic E-state index is 0.0124. The number of cyclic esters (lactones) is 2. The van der Waals surface area contributed by atoms with Crippen LogP contribution >= 0.6 is 0 Å². The van der Waals surface area contributed by atoms with Gasteiger partial charge in [0.05, 0.1) is 20.8 Å². The Morgan fingerprint density at radius 3 is 1.67 bits per heavy atom. The SMILES string of the molecule is CCC(C)CC(CCO)c1ccccc1.CCC(C)CC(CCOC(=O)OCC(C)(COC(C)=O)C(=O)OC)c1ccccc1.COC(=O)C1(C)COC(=O)OC1. The summed E-state index contributed by atoms with van der Waals surface area (Å²) in [7, 11) is 2.50. The first-order valence-corrected chi connectivity index (χ1v) is 19.7. The van der Waals surface area contributed by atoms with E-state index in [1.807, 2.05) is 24.3 Å². The molecule has 5 unspecified atom stereocenters. The van der Waals surface area contributed by atoms with E-state index >= 15 is 0 Å². The molecule has 3 rings (SSSR count). The first-order valence-electron chi connectivity index (χ1n) is 19.7. The van der Waals surface area contributed by atoms with Crippen LogP contribution in [0.1, 0.15) is 110 Å². The molecule has 2 aromatic rings. The molecule has 13 nitrogen and oxygen atoms in total. The van der Waals surface area contributed by atoms with Crippen molar-refractivity contribution >= 4 is 30.2 Å². The highest BCUT2D eigenvalue weighted by atomic mass is 16.7. The summed E-state index contributed by atoms with van der Waals surface area (Å²) in [5.74, 6) is 0.473. The van der Waals surface area contributed by atoms with E-state index in [-0.39, 0.29) is 45.6 Å². The van der Waals surface area contributed by atoms with Gasteiger partial charge in [-0.1, -0.05) is 101 Å². The van der Waals surface area contributed by atoms with Gasteiger partial charge in [0.2, 0.25) is 0 Å². The fourth-order valence-electron chi connectivity index (χ4n) is 5.85. The van der Waals surface area contributed by atoms with E-state index in [2.05, 4.69) is 78.3 Å². The zero-order valence-electron chi connectivity index (χ0n) is 35.4. The quantitative estimate of drug-likeness (QED) is 0.106. The molecule has 1 fully saturated rings. The van der Waals surface area contributed by atoms with Gasteiger partial charge in [-0.05, 0) is 74.3 Å². The maximum absolute atomic E-state index is 12.0. The maximum atomic E-state index is 12.0. The lowest BCUT2D eigenvalue weighted by Crippen LogP contribution is -2.43. The zero-order chi connectivity index (χ0) is 42.9. The molecule has 0 spiro atoms. The average molecular weight is 803 g/mol. The lowest BCUT2D eigenvalue weighted by Gasteiger charge is -2.28. The number of carbonyl (C=O) groups excluding carboxylic acids is 5. The van der Waals surface area contributed by atoms with Crippen LogP contribution in [0, 0.1) is 22.7 Å².